The van der Waals surface area contributed by atoms with Crippen molar-refractivity contribution < 1.29 is 14.9 Å². The fourth-order valence-corrected chi connectivity index (χ4v) is 3.91. The molecule has 0 radical (unpaired) electrons. The largest absolute Gasteiger partial charge is 0.348 e. The van der Waals surface area contributed by atoms with Crippen molar-refractivity contribution in [3.05, 3.63) is 46.7 Å². The summed E-state index contributed by atoms with van der Waals surface area (Å²) in [5.74, 6) is 0.276. The van der Waals surface area contributed by atoms with Gasteiger partial charge in [-0.15, -0.1) is 0 Å². The number of primary amides is 1. The first-order chi connectivity index (χ1) is 13.2. The van der Waals surface area contributed by atoms with Gasteiger partial charge in [-0.2, -0.15) is 5.10 Å². The summed E-state index contributed by atoms with van der Waals surface area (Å²) in [6, 6.07) is 6.82. The summed E-state index contributed by atoms with van der Waals surface area (Å²) < 4.78 is 0. The molecule has 0 spiro atoms. The fraction of sp³-hybridized carbons (Fsp3) is 0.476. The molecule has 0 saturated heterocycles. The van der Waals surface area contributed by atoms with Crippen LogP contribution in [0.25, 0.3) is 0 Å². The highest BCUT2D eigenvalue weighted by molar-refractivity contribution is 6.30. The number of aromatic amines is 1. The Morgan fingerprint density at radius 2 is 1.79 bits per heavy atom. The predicted molar refractivity (Wildman–Crippen MR) is 109 cm³/mol. The van der Waals surface area contributed by atoms with Gasteiger partial charge in [-0.1, -0.05) is 32.4 Å². The number of H-pyrrole nitrogens is 1. The van der Waals surface area contributed by atoms with Gasteiger partial charge in [0.05, 0.1) is 5.56 Å². The molecule has 3 rings (SSSR count). The van der Waals surface area contributed by atoms with E-state index in [9.17, 15) is 9.59 Å². The Kier molecular flexibility index (Phi) is 6.20. The average Bonchev–Trinajstić information content (AvgIpc) is 3.10. The van der Waals surface area contributed by atoms with E-state index in [1.165, 1.54) is 11.5 Å². The first kappa shape index (κ1) is 20.6. The Morgan fingerprint density at radius 1 is 1.14 bits per heavy atom. The van der Waals surface area contributed by atoms with Crippen LogP contribution in [0.5, 0.6) is 0 Å². The van der Waals surface area contributed by atoms with Crippen LogP contribution in [0.15, 0.2) is 30.5 Å². The van der Waals surface area contributed by atoms with Crippen molar-refractivity contribution in [1.29, 1.82) is 0 Å². The zero-order chi connectivity index (χ0) is 20.3. The lowest BCUT2D eigenvalue weighted by atomic mass is 9.71. The molecule has 1 aromatic carbocycles. The molecule has 1 aliphatic carbocycles. The van der Waals surface area contributed by atoms with Gasteiger partial charge in [0.25, 0.3) is 5.91 Å². The highest BCUT2D eigenvalue weighted by atomic mass is 35.5. The zero-order valence-corrected chi connectivity index (χ0v) is 17.3. The second-order valence-corrected chi connectivity index (χ2v) is 9.04. The first-order valence-corrected chi connectivity index (χ1v) is 10.1. The smallest absolute Gasteiger partial charge is 0.347 e. The number of hydrogen-bond acceptors (Lipinski definition) is 3. The topological polar surface area (TPSA) is 91.5 Å². The lowest BCUT2D eigenvalue weighted by molar-refractivity contribution is -0.464. The van der Waals surface area contributed by atoms with E-state index in [0.717, 1.165) is 25.7 Å². The van der Waals surface area contributed by atoms with Crippen LogP contribution in [0.2, 0.25) is 5.02 Å². The Morgan fingerprint density at radius 3 is 2.39 bits per heavy atom. The van der Waals surface area contributed by atoms with Crippen molar-refractivity contribution in [2.24, 2.45) is 11.3 Å². The van der Waals surface area contributed by atoms with Crippen molar-refractivity contribution >= 4 is 29.1 Å². The van der Waals surface area contributed by atoms with E-state index < -0.39 is 0 Å². The van der Waals surface area contributed by atoms with E-state index in [4.69, 9.17) is 11.6 Å². The predicted octanol–water partition coefficient (Wildman–Crippen LogP) is 3.43. The molecule has 7 heteroatoms. The summed E-state index contributed by atoms with van der Waals surface area (Å²) >= 11 is 5.86. The number of nitrogens with two attached hydrogens (primary N) is 1. The quantitative estimate of drug-likeness (QED) is 0.730. The normalized spacial score (nSPS) is 20.0. The van der Waals surface area contributed by atoms with E-state index in [1.54, 1.807) is 24.3 Å². The van der Waals surface area contributed by atoms with Crippen molar-refractivity contribution in [3.8, 4) is 0 Å². The van der Waals surface area contributed by atoms with Gasteiger partial charge in [0.15, 0.2) is 11.4 Å². The molecule has 1 heterocycles. The van der Waals surface area contributed by atoms with Gasteiger partial charge in [-0.25, -0.2) is 10.1 Å². The lowest BCUT2D eigenvalue weighted by Gasteiger charge is -2.37. The van der Waals surface area contributed by atoms with Gasteiger partial charge in [-0.3, -0.25) is 9.89 Å². The Labute approximate surface area is 170 Å². The number of hydrogen-bond donors (Lipinski definition) is 3. The minimum atomic E-state index is -0.216. The molecule has 0 bridgehead atoms. The standard InChI is InChI=1S/C21H27ClN4O2/c1-21(2,3)14-6-10-16(11-7-14)24-20(28)18-17(12-23-26-18)25-19(27)13-4-8-15(22)9-5-13/h4-5,8-9,12,14,16H,6-7,10-11H2,1-3H3,(H,23,26)(H,24,28)(H,25,27)/p+1. The van der Waals surface area contributed by atoms with Gasteiger partial charge >= 0.3 is 5.91 Å². The van der Waals surface area contributed by atoms with Crippen LogP contribution >= 0.6 is 11.6 Å². The molecular weight excluding hydrogens is 376 g/mol. The number of quaternary nitrogens is 1. The van der Waals surface area contributed by atoms with Crippen molar-refractivity contribution in [3.63, 3.8) is 0 Å². The second-order valence-electron chi connectivity index (χ2n) is 8.60. The Hall–Kier alpha value is -2.18. The minimum absolute atomic E-state index is 0.161. The van der Waals surface area contributed by atoms with E-state index in [2.05, 4.69) is 36.3 Å². The van der Waals surface area contributed by atoms with Gasteiger partial charge in [0, 0.05) is 11.1 Å². The van der Waals surface area contributed by atoms with Gasteiger partial charge < -0.3 is 5.32 Å². The molecule has 1 saturated carbocycles. The van der Waals surface area contributed by atoms with Crippen molar-refractivity contribution in [2.75, 3.05) is 0 Å². The van der Waals surface area contributed by atoms with Gasteiger partial charge in [-0.05, 0) is 61.3 Å². The molecule has 28 heavy (non-hydrogen) atoms. The molecule has 4 N–H and O–H groups in total. The number of rotatable bonds is 4. The first-order valence-electron chi connectivity index (χ1n) is 9.73. The molecule has 1 aliphatic rings. The summed E-state index contributed by atoms with van der Waals surface area (Å²) in [6.07, 6.45) is 5.69. The van der Waals surface area contributed by atoms with Crippen LogP contribution in [0.1, 0.15) is 67.3 Å². The maximum atomic E-state index is 12.7. The fourth-order valence-electron chi connectivity index (χ4n) is 3.79. The summed E-state index contributed by atoms with van der Waals surface area (Å²) in [7, 11) is 0. The Balaban J connectivity index is 1.59. The van der Waals surface area contributed by atoms with E-state index in [-0.39, 0.29) is 17.9 Å². The lowest BCUT2D eigenvalue weighted by Crippen LogP contribution is -2.82. The maximum Gasteiger partial charge on any atom is 0.347 e. The van der Waals surface area contributed by atoms with Crippen LogP contribution in [0.4, 0.5) is 5.69 Å². The third-order valence-electron chi connectivity index (χ3n) is 5.60. The molecule has 2 amide bonds. The van der Waals surface area contributed by atoms with Crippen LogP contribution in [0.3, 0.4) is 0 Å². The van der Waals surface area contributed by atoms with Crippen LogP contribution < -0.4 is 10.6 Å². The molecule has 0 unspecified atom stereocenters. The van der Waals surface area contributed by atoms with Crippen molar-refractivity contribution in [1.82, 2.24) is 15.5 Å². The monoisotopic (exact) mass is 403 g/mol. The molecule has 150 valence electrons. The van der Waals surface area contributed by atoms with Gasteiger partial charge in [0.2, 0.25) is 0 Å². The number of halogens is 1. The number of amides is 2. The third-order valence-corrected chi connectivity index (χ3v) is 5.85. The van der Waals surface area contributed by atoms with Crippen LogP contribution in [-0.2, 0) is 0 Å². The molecule has 0 atom stereocenters. The van der Waals surface area contributed by atoms with Gasteiger partial charge in [0.1, 0.15) is 6.20 Å². The van der Waals surface area contributed by atoms with Crippen LogP contribution in [0, 0.1) is 11.3 Å². The van der Waals surface area contributed by atoms with E-state index in [1.807, 2.05) is 0 Å². The van der Waals surface area contributed by atoms with Crippen molar-refractivity contribution in [2.45, 2.75) is 52.5 Å². The average molecular weight is 404 g/mol. The molecular formula is C21H28ClN4O2+. The third kappa shape index (κ3) is 5.00. The maximum absolute atomic E-state index is 12.7. The molecule has 0 aliphatic heterocycles. The number of benzene rings is 1. The number of carbonyl (C=O) groups excluding carboxylic acids is 2. The highest BCUT2D eigenvalue weighted by Crippen LogP contribution is 2.37. The summed E-state index contributed by atoms with van der Waals surface area (Å²) in [5.41, 5.74) is 1.63. The summed E-state index contributed by atoms with van der Waals surface area (Å²) in [5, 5.41) is 11.8. The highest BCUT2D eigenvalue weighted by Gasteiger charge is 2.31. The summed E-state index contributed by atoms with van der Waals surface area (Å²) in [6.45, 7) is 6.84. The zero-order valence-electron chi connectivity index (χ0n) is 16.6. The molecule has 6 nitrogen and oxygen atoms in total. The summed E-state index contributed by atoms with van der Waals surface area (Å²) in [4.78, 5) is 25.2. The van der Waals surface area contributed by atoms with E-state index >= 15 is 0 Å². The number of nitrogens with one attached hydrogen (secondary N) is 2. The number of carbonyl (C=O) groups is 2. The van der Waals surface area contributed by atoms with Crippen LogP contribution in [-0.4, -0.2) is 28.1 Å². The SMILES string of the molecule is CC(C)(C)C1CCC(NC(=O)c2[nH]ncc2[NH2+]C(=O)c2ccc(Cl)cc2)CC1. The minimum Gasteiger partial charge on any atom is -0.348 e. The molecule has 1 fully saturated rings. The molecule has 1 aromatic heterocycles. The van der Waals surface area contributed by atoms with E-state index in [0.29, 0.717) is 33.3 Å². The Bertz CT molecular complexity index is 831. The number of nitrogens with zero attached hydrogens (tertiary/aromatic N) is 1. The number of aromatic nitrogens is 2. The second kappa shape index (κ2) is 8.45. The molecule has 2 aromatic rings.